The van der Waals surface area contributed by atoms with Crippen molar-refractivity contribution >= 4 is 34.8 Å². The highest BCUT2D eigenvalue weighted by molar-refractivity contribution is 6.10. The number of aryl methyl sites for hydroxylation is 1. The van der Waals surface area contributed by atoms with Gasteiger partial charge in [0.05, 0.1) is 23.0 Å². The molecule has 0 bridgehead atoms. The molecule has 1 N–H and O–H groups in total. The van der Waals surface area contributed by atoms with Crippen LogP contribution in [-0.4, -0.2) is 29.3 Å². The molecule has 0 aromatic heterocycles. The lowest BCUT2D eigenvalue weighted by Gasteiger charge is -2.33. The van der Waals surface area contributed by atoms with Crippen LogP contribution < -0.4 is 10.2 Å². The van der Waals surface area contributed by atoms with Gasteiger partial charge in [-0.3, -0.25) is 24.6 Å². The highest BCUT2D eigenvalue weighted by Gasteiger charge is 2.40. The number of amides is 2. The van der Waals surface area contributed by atoms with Gasteiger partial charge in [-0.25, -0.2) is 4.79 Å². The number of rotatable bonds is 6. The lowest BCUT2D eigenvalue weighted by Crippen LogP contribution is -2.43. The van der Waals surface area contributed by atoms with Gasteiger partial charge in [-0.05, 0) is 45.0 Å². The average Bonchev–Trinajstić information content (AvgIpc) is 2.75. The molecule has 32 heavy (non-hydrogen) atoms. The average molecular weight is 437 g/mol. The van der Waals surface area contributed by atoms with Crippen LogP contribution in [0.25, 0.3) is 0 Å². The Hall–Kier alpha value is -4.01. The molecule has 0 spiro atoms. The summed E-state index contributed by atoms with van der Waals surface area (Å²) < 4.78 is 5.17. The van der Waals surface area contributed by atoms with Gasteiger partial charge in [0.1, 0.15) is 0 Å². The topological polar surface area (TPSA) is 119 Å². The van der Waals surface area contributed by atoms with E-state index in [4.69, 9.17) is 4.74 Å². The van der Waals surface area contributed by atoms with E-state index in [1.165, 1.54) is 29.2 Å². The maximum atomic E-state index is 13.0. The number of nitro groups is 1. The number of carbonyl (C=O) groups is 3. The monoisotopic (exact) mass is 437 g/mol. The van der Waals surface area contributed by atoms with Crippen LogP contribution in [0.4, 0.5) is 17.1 Å². The molecule has 1 aliphatic heterocycles. The van der Waals surface area contributed by atoms with Gasteiger partial charge in [-0.1, -0.05) is 17.7 Å². The Labute approximate surface area is 184 Å². The van der Waals surface area contributed by atoms with Crippen molar-refractivity contribution in [3.8, 4) is 0 Å². The molecule has 9 heteroatoms. The lowest BCUT2D eigenvalue weighted by atomic mass is 9.88. The largest absolute Gasteiger partial charge is 0.463 e. The van der Waals surface area contributed by atoms with Crippen LogP contribution in [0.3, 0.4) is 0 Å². The van der Waals surface area contributed by atoms with Crippen LogP contribution in [0.15, 0.2) is 59.8 Å². The van der Waals surface area contributed by atoms with Gasteiger partial charge in [0.25, 0.3) is 5.69 Å². The third-order valence-corrected chi connectivity index (χ3v) is 5.15. The van der Waals surface area contributed by atoms with Gasteiger partial charge in [0, 0.05) is 35.6 Å². The van der Waals surface area contributed by atoms with Gasteiger partial charge >= 0.3 is 5.97 Å². The number of nitro benzene ring substituents is 1. The standard InChI is InChI=1S/C23H23N3O6/c1-4-32-23(29)21-15(3)25(17-9-5-14(2)6-10-17)20(27)13-19(21)22(28)24-16-7-11-18(12-8-16)26(30)31/h5-12,19H,4,13H2,1-3H3,(H,24,28)/t19-/m0/s1. The molecule has 2 aromatic rings. The van der Waals surface area contributed by atoms with Gasteiger partial charge in [-0.15, -0.1) is 0 Å². The fourth-order valence-electron chi connectivity index (χ4n) is 3.58. The first-order chi connectivity index (χ1) is 15.2. The Kier molecular flexibility index (Phi) is 6.67. The van der Waals surface area contributed by atoms with Crippen LogP contribution in [0.5, 0.6) is 0 Å². The number of benzene rings is 2. The van der Waals surface area contributed by atoms with E-state index in [1.807, 2.05) is 19.1 Å². The molecule has 2 aromatic carbocycles. The second-order valence-electron chi connectivity index (χ2n) is 7.33. The number of hydrogen-bond donors (Lipinski definition) is 1. The normalized spacial score (nSPS) is 16.0. The Bertz CT molecular complexity index is 1090. The quantitative estimate of drug-likeness (QED) is 0.418. The van der Waals surface area contributed by atoms with Gasteiger partial charge in [0.2, 0.25) is 11.8 Å². The number of esters is 1. The zero-order valence-corrected chi connectivity index (χ0v) is 18.0. The van der Waals surface area contributed by atoms with E-state index in [-0.39, 0.29) is 30.2 Å². The minimum absolute atomic E-state index is 0.103. The minimum atomic E-state index is -1.06. The van der Waals surface area contributed by atoms with Crippen LogP contribution >= 0.6 is 0 Å². The molecule has 0 unspecified atom stereocenters. The number of anilines is 2. The zero-order valence-electron chi connectivity index (χ0n) is 18.0. The van der Waals surface area contributed by atoms with Crippen LogP contribution in [-0.2, 0) is 19.1 Å². The second kappa shape index (κ2) is 9.42. The van der Waals surface area contributed by atoms with Crippen LogP contribution in [0, 0.1) is 23.0 Å². The molecule has 0 aliphatic carbocycles. The summed E-state index contributed by atoms with van der Waals surface area (Å²) in [5.41, 5.74) is 2.24. The minimum Gasteiger partial charge on any atom is -0.463 e. The van der Waals surface area contributed by atoms with E-state index in [1.54, 1.807) is 26.0 Å². The maximum absolute atomic E-state index is 13.0. The van der Waals surface area contributed by atoms with Crippen LogP contribution in [0.2, 0.25) is 0 Å². The molecule has 9 nitrogen and oxygen atoms in total. The van der Waals surface area contributed by atoms with E-state index < -0.39 is 22.7 Å². The van der Waals surface area contributed by atoms with Crippen molar-refractivity contribution in [1.82, 2.24) is 0 Å². The highest BCUT2D eigenvalue weighted by Crippen LogP contribution is 2.34. The first-order valence-corrected chi connectivity index (χ1v) is 10.1. The molecule has 0 saturated carbocycles. The molecule has 0 radical (unpaired) electrons. The predicted octanol–water partition coefficient (Wildman–Crippen LogP) is 3.73. The Morgan fingerprint density at radius 2 is 1.75 bits per heavy atom. The molecule has 2 amide bonds. The summed E-state index contributed by atoms with van der Waals surface area (Å²) in [5, 5.41) is 13.5. The lowest BCUT2D eigenvalue weighted by molar-refractivity contribution is -0.384. The molecular weight excluding hydrogens is 414 g/mol. The summed E-state index contributed by atoms with van der Waals surface area (Å²) in [4.78, 5) is 50.5. The summed E-state index contributed by atoms with van der Waals surface area (Å²) in [5.74, 6) is -2.63. The zero-order chi connectivity index (χ0) is 23.4. The number of ether oxygens (including phenoxy) is 1. The molecule has 1 heterocycles. The van der Waals surface area contributed by atoms with Gasteiger partial charge in [-0.2, -0.15) is 0 Å². The van der Waals surface area contributed by atoms with Crippen molar-refractivity contribution in [2.24, 2.45) is 5.92 Å². The first kappa shape index (κ1) is 22.7. The SMILES string of the molecule is CCOC(=O)C1=C(C)N(c2ccc(C)cc2)C(=O)C[C@@H]1C(=O)Nc1ccc([N+](=O)[O-])cc1. The summed E-state index contributed by atoms with van der Waals surface area (Å²) in [6, 6.07) is 12.6. The van der Waals surface area contributed by atoms with E-state index in [0.29, 0.717) is 17.1 Å². The van der Waals surface area contributed by atoms with E-state index >= 15 is 0 Å². The summed E-state index contributed by atoms with van der Waals surface area (Å²) in [6.45, 7) is 5.30. The number of allylic oxidation sites excluding steroid dienone is 1. The summed E-state index contributed by atoms with van der Waals surface area (Å²) in [7, 11) is 0. The van der Waals surface area contributed by atoms with Crippen molar-refractivity contribution < 1.29 is 24.0 Å². The Morgan fingerprint density at radius 3 is 2.31 bits per heavy atom. The van der Waals surface area contributed by atoms with Crippen molar-refractivity contribution in [1.29, 1.82) is 0 Å². The molecule has 3 rings (SSSR count). The van der Waals surface area contributed by atoms with Crippen LogP contribution in [0.1, 0.15) is 25.8 Å². The van der Waals surface area contributed by atoms with Crippen molar-refractivity contribution in [2.75, 3.05) is 16.8 Å². The maximum Gasteiger partial charge on any atom is 0.336 e. The third kappa shape index (κ3) is 4.66. The van der Waals surface area contributed by atoms with Gasteiger partial charge < -0.3 is 10.1 Å². The fraction of sp³-hybridized carbons (Fsp3) is 0.261. The van der Waals surface area contributed by atoms with E-state index in [9.17, 15) is 24.5 Å². The Balaban J connectivity index is 1.95. The number of nitrogens with zero attached hydrogens (tertiary/aromatic N) is 2. The number of non-ortho nitro benzene ring substituents is 1. The molecular formula is C23H23N3O6. The molecule has 0 saturated heterocycles. The highest BCUT2D eigenvalue weighted by atomic mass is 16.6. The second-order valence-corrected chi connectivity index (χ2v) is 7.33. The van der Waals surface area contributed by atoms with E-state index in [0.717, 1.165) is 5.56 Å². The molecule has 1 aliphatic rings. The Morgan fingerprint density at radius 1 is 1.12 bits per heavy atom. The fourth-order valence-corrected chi connectivity index (χ4v) is 3.58. The number of carbonyl (C=O) groups excluding carboxylic acids is 3. The predicted molar refractivity (Wildman–Crippen MR) is 118 cm³/mol. The van der Waals surface area contributed by atoms with Gasteiger partial charge in [0.15, 0.2) is 0 Å². The number of nitrogens with one attached hydrogen (secondary N) is 1. The van der Waals surface area contributed by atoms with E-state index in [2.05, 4.69) is 5.32 Å². The summed E-state index contributed by atoms with van der Waals surface area (Å²) in [6.07, 6.45) is -0.224. The number of hydrogen-bond acceptors (Lipinski definition) is 6. The van der Waals surface area contributed by atoms with Crippen molar-refractivity contribution in [3.63, 3.8) is 0 Å². The first-order valence-electron chi connectivity index (χ1n) is 10.1. The van der Waals surface area contributed by atoms with Crippen molar-refractivity contribution in [2.45, 2.75) is 27.2 Å². The smallest absolute Gasteiger partial charge is 0.336 e. The van der Waals surface area contributed by atoms with Crippen molar-refractivity contribution in [3.05, 3.63) is 75.5 Å². The summed E-state index contributed by atoms with van der Waals surface area (Å²) >= 11 is 0. The molecule has 166 valence electrons. The molecule has 0 fully saturated rings. The third-order valence-electron chi connectivity index (χ3n) is 5.15. The molecule has 1 atom stereocenters.